The van der Waals surface area contributed by atoms with Gasteiger partial charge in [0.2, 0.25) is 0 Å². The molecule has 2 N–H and O–H groups in total. The number of nitrogens with zero attached hydrogens (tertiary/aromatic N) is 1. The van der Waals surface area contributed by atoms with Crippen LogP contribution in [-0.4, -0.2) is 31.4 Å². The van der Waals surface area contributed by atoms with Gasteiger partial charge < -0.3 is 14.6 Å². The third-order valence-corrected chi connectivity index (χ3v) is 3.90. The van der Waals surface area contributed by atoms with E-state index in [0.717, 1.165) is 10.8 Å². The van der Waals surface area contributed by atoms with E-state index in [1.807, 2.05) is 30.3 Å². The molecule has 3 aromatic rings. The molecular weight excluding hydrogens is 332 g/mol. The highest BCUT2D eigenvalue weighted by atomic mass is 16.5. The zero-order valence-electron chi connectivity index (χ0n) is 14.4. The first-order valence-corrected chi connectivity index (χ1v) is 7.89. The van der Waals surface area contributed by atoms with Gasteiger partial charge in [-0.15, -0.1) is 0 Å². The number of aromatic hydroxyl groups is 1. The Kier molecular flexibility index (Phi) is 5.03. The fraction of sp³-hybridized carbons (Fsp3) is 0.100. The predicted molar refractivity (Wildman–Crippen MR) is 100 cm³/mol. The number of hydrazone groups is 1. The van der Waals surface area contributed by atoms with Crippen LogP contribution in [0.1, 0.15) is 15.9 Å². The summed E-state index contributed by atoms with van der Waals surface area (Å²) in [5.41, 5.74) is 3.55. The normalized spacial score (nSPS) is 10.8. The van der Waals surface area contributed by atoms with Crippen LogP contribution < -0.4 is 14.9 Å². The lowest BCUT2D eigenvalue weighted by Crippen LogP contribution is -2.18. The molecule has 0 bridgehead atoms. The summed E-state index contributed by atoms with van der Waals surface area (Å²) in [6.45, 7) is 0. The van der Waals surface area contributed by atoms with Gasteiger partial charge in [-0.1, -0.05) is 24.3 Å². The minimum Gasteiger partial charge on any atom is -0.504 e. The number of nitrogens with one attached hydrogen (secondary N) is 1. The van der Waals surface area contributed by atoms with Crippen LogP contribution in [0.15, 0.2) is 59.7 Å². The molecule has 0 spiro atoms. The molecule has 3 rings (SSSR count). The average Bonchev–Trinajstić information content (AvgIpc) is 2.68. The number of rotatable bonds is 5. The maximum atomic E-state index is 12.5. The van der Waals surface area contributed by atoms with E-state index >= 15 is 0 Å². The van der Waals surface area contributed by atoms with E-state index < -0.39 is 0 Å². The second kappa shape index (κ2) is 7.57. The maximum absolute atomic E-state index is 12.5. The molecule has 0 fully saturated rings. The molecule has 0 unspecified atom stereocenters. The summed E-state index contributed by atoms with van der Waals surface area (Å²) in [7, 11) is 2.98. The summed E-state index contributed by atoms with van der Waals surface area (Å²) in [5, 5.41) is 15.5. The Labute approximate surface area is 150 Å². The first-order valence-electron chi connectivity index (χ1n) is 7.89. The van der Waals surface area contributed by atoms with E-state index in [4.69, 9.17) is 9.47 Å². The topological polar surface area (TPSA) is 80.2 Å². The number of amides is 1. The molecule has 0 heterocycles. The molecule has 0 aromatic heterocycles. The van der Waals surface area contributed by atoms with Crippen LogP contribution in [0.4, 0.5) is 0 Å². The molecule has 6 nitrogen and oxygen atoms in total. The van der Waals surface area contributed by atoms with Crippen molar-refractivity contribution in [3.63, 3.8) is 0 Å². The summed E-state index contributed by atoms with van der Waals surface area (Å²) in [4.78, 5) is 12.5. The van der Waals surface area contributed by atoms with Gasteiger partial charge in [0.25, 0.3) is 5.91 Å². The van der Waals surface area contributed by atoms with Crippen molar-refractivity contribution < 1.29 is 19.4 Å². The minimum atomic E-state index is -0.380. The summed E-state index contributed by atoms with van der Waals surface area (Å²) in [6, 6.07) is 16.1. The SMILES string of the molecule is COc1cc(/C=N/NC(=O)c2cc3ccccc3cc2OC)ccc1O. The lowest BCUT2D eigenvalue weighted by molar-refractivity contribution is 0.0952. The predicted octanol–water partition coefficient (Wildman–Crippen LogP) is 3.33. The first-order chi connectivity index (χ1) is 12.6. The highest BCUT2D eigenvalue weighted by Gasteiger charge is 2.13. The zero-order valence-corrected chi connectivity index (χ0v) is 14.4. The minimum absolute atomic E-state index is 0.0367. The highest BCUT2D eigenvalue weighted by molar-refractivity contribution is 6.02. The van der Waals surface area contributed by atoms with Gasteiger partial charge in [-0.05, 0) is 46.7 Å². The second-order valence-corrected chi connectivity index (χ2v) is 5.53. The number of carbonyl (C=O) groups is 1. The van der Waals surface area contributed by atoms with Crippen molar-refractivity contribution in [1.29, 1.82) is 0 Å². The van der Waals surface area contributed by atoms with Crippen molar-refractivity contribution in [2.24, 2.45) is 5.10 Å². The second-order valence-electron chi connectivity index (χ2n) is 5.53. The van der Waals surface area contributed by atoms with E-state index in [1.54, 1.807) is 18.2 Å². The van der Waals surface area contributed by atoms with E-state index in [0.29, 0.717) is 22.6 Å². The largest absolute Gasteiger partial charge is 0.504 e. The van der Waals surface area contributed by atoms with Crippen LogP contribution in [0.3, 0.4) is 0 Å². The van der Waals surface area contributed by atoms with Gasteiger partial charge in [0.05, 0.1) is 26.0 Å². The van der Waals surface area contributed by atoms with Gasteiger partial charge in [-0.25, -0.2) is 5.43 Å². The average molecular weight is 350 g/mol. The standard InChI is InChI=1S/C20H18N2O4/c1-25-18-11-15-6-4-3-5-14(15)10-16(18)20(24)22-21-12-13-7-8-17(23)19(9-13)26-2/h3-12,23H,1-2H3,(H,22,24)/b21-12+. The first kappa shape index (κ1) is 17.3. The molecule has 0 atom stereocenters. The third kappa shape index (κ3) is 3.59. The van der Waals surface area contributed by atoms with Crippen LogP contribution >= 0.6 is 0 Å². The van der Waals surface area contributed by atoms with E-state index in [1.165, 1.54) is 26.5 Å². The monoisotopic (exact) mass is 350 g/mol. The number of phenols is 1. The van der Waals surface area contributed by atoms with Gasteiger partial charge in [0.15, 0.2) is 11.5 Å². The van der Waals surface area contributed by atoms with Crippen molar-refractivity contribution in [1.82, 2.24) is 5.43 Å². The summed E-state index contributed by atoms with van der Waals surface area (Å²) in [6.07, 6.45) is 1.47. The Hall–Kier alpha value is -3.54. The number of benzene rings is 3. The molecule has 0 aliphatic carbocycles. The molecule has 1 amide bonds. The summed E-state index contributed by atoms with van der Waals surface area (Å²) in [5.74, 6) is 0.461. The quantitative estimate of drug-likeness (QED) is 0.546. The van der Waals surface area contributed by atoms with Crippen LogP contribution in [0.5, 0.6) is 17.2 Å². The van der Waals surface area contributed by atoms with E-state index in [9.17, 15) is 9.90 Å². The Morgan fingerprint density at radius 1 is 1.00 bits per heavy atom. The molecule has 132 valence electrons. The molecule has 0 aliphatic heterocycles. The van der Waals surface area contributed by atoms with Crippen molar-refractivity contribution in [2.75, 3.05) is 14.2 Å². The lowest BCUT2D eigenvalue weighted by atomic mass is 10.1. The number of hydrogen-bond acceptors (Lipinski definition) is 5. The van der Waals surface area contributed by atoms with Crippen molar-refractivity contribution in [2.45, 2.75) is 0 Å². The number of methoxy groups -OCH3 is 2. The van der Waals surface area contributed by atoms with E-state index in [2.05, 4.69) is 10.5 Å². The number of phenolic OH excluding ortho intramolecular Hbond substituents is 1. The smallest absolute Gasteiger partial charge is 0.275 e. The Bertz CT molecular complexity index is 983. The Balaban J connectivity index is 1.80. The van der Waals surface area contributed by atoms with Crippen LogP contribution in [-0.2, 0) is 0 Å². The Morgan fingerprint density at radius 3 is 2.38 bits per heavy atom. The fourth-order valence-corrected chi connectivity index (χ4v) is 2.57. The van der Waals surface area contributed by atoms with Crippen molar-refractivity contribution >= 4 is 22.9 Å². The number of fused-ring (bicyclic) bond motifs is 1. The summed E-state index contributed by atoms with van der Waals surface area (Å²) >= 11 is 0. The Morgan fingerprint density at radius 2 is 1.69 bits per heavy atom. The molecule has 0 aliphatic rings. The third-order valence-electron chi connectivity index (χ3n) is 3.90. The molecule has 0 saturated heterocycles. The number of ether oxygens (including phenoxy) is 2. The zero-order chi connectivity index (χ0) is 18.5. The van der Waals surface area contributed by atoms with Crippen LogP contribution in [0, 0.1) is 0 Å². The van der Waals surface area contributed by atoms with E-state index in [-0.39, 0.29) is 11.7 Å². The van der Waals surface area contributed by atoms with Gasteiger partial charge in [-0.2, -0.15) is 5.10 Å². The molecule has 26 heavy (non-hydrogen) atoms. The van der Waals surface area contributed by atoms with Crippen LogP contribution in [0.25, 0.3) is 10.8 Å². The molecule has 0 saturated carbocycles. The van der Waals surface area contributed by atoms with Gasteiger partial charge in [0.1, 0.15) is 5.75 Å². The van der Waals surface area contributed by atoms with Crippen molar-refractivity contribution in [3.8, 4) is 17.2 Å². The maximum Gasteiger partial charge on any atom is 0.275 e. The molecular formula is C20H18N2O4. The van der Waals surface area contributed by atoms with Gasteiger partial charge in [-0.3, -0.25) is 4.79 Å². The number of hydrogen-bond donors (Lipinski definition) is 2. The number of carbonyl (C=O) groups excluding carboxylic acids is 1. The van der Waals surface area contributed by atoms with Gasteiger partial charge >= 0.3 is 0 Å². The molecule has 3 aromatic carbocycles. The lowest BCUT2D eigenvalue weighted by Gasteiger charge is -2.09. The van der Waals surface area contributed by atoms with Crippen LogP contribution in [0.2, 0.25) is 0 Å². The molecule has 6 heteroatoms. The summed E-state index contributed by atoms with van der Waals surface area (Å²) < 4.78 is 10.4. The fourth-order valence-electron chi connectivity index (χ4n) is 2.57. The molecule has 0 radical (unpaired) electrons. The van der Waals surface area contributed by atoms with Crippen molar-refractivity contribution in [3.05, 3.63) is 65.7 Å². The highest BCUT2D eigenvalue weighted by Crippen LogP contribution is 2.26. The van der Waals surface area contributed by atoms with Gasteiger partial charge in [0, 0.05) is 0 Å².